The van der Waals surface area contributed by atoms with Gasteiger partial charge in [0.15, 0.2) is 11.0 Å². The number of nitrogens with zero attached hydrogens (tertiary/aromatic N) is 3. The molecule has 0 aliphatic heterocycles. The number of carbonyl (C=O) groups is 2. The molecule has 0 bridgehead atoms. The largest absolute Gasteiger partial charge is 0.345 e. The molecule has 0 spiro atoms. The van der Waals surface area contributed by atoms with E-state index in [4.69, 9.17) is 0 Å². The van der Waals surface area contributed by atoms with E-state index in [2.05, 4.69) is 27.4 Å². The highest BCUT2D eigenvalue weighted by Gasteiger charge is 2.15. The van der Waals surface area contributed by atoms with E-state index in [1.54, 1.807) is 29.7 Å². The highest BCUT2D eigenvalue weighted by atomic mass is 32.2. The molecule has 3 rings (SSSR count). The monoisotopic (exact) mass is 453 g/mol. The zero-order valence-electron chi connectivity index (χ0n) is 17.9. The molecule has 7 nitrogen and oxygen atoms in total. The molecule has 0 atom stereocenters. The van der Waals surface area contributed by atoms with Gasteiger partial charge in [-0.15, -0.1) is 16.8 Å². The Balaban J connectivity index is 1.62. The first-order chi connectivity index (χ1) is 15.4. The fourth-order valence-corrected chi connectivity index (χ4v) is 3.73. The van der Waals surface area contributed by atoms with Crippen LogP contribution < -0.4 is 10.6 Å². The molecule has 2 amide bonds. The van der Waals surface area contributed by atoms with Crippen molar-refractivity contribution in [1.82, 2.24) is 20.1 Å². The Labute approximate surface area is 190 Å². The summed E-state index contributed by atoms with van der Waals surface area (Å²) in [6, 6.07) is 11.5. The van der Waals surface area contributed by atoms with E-state index in [0.29, 0.717) is 28.8 Å². The number of anilines is 1. The number of hydrogen-bond donors (Lipinski definition) is 2. The molecule has 2 N–H and O–H groups in total. The van der Waals surface area contributed by atoms with Gasteiger partial charge in [0.2, 0.25) is 5.91 Å². The highest BCUT2D eigenvalue weighted by Crippen LogP contribution is 2.20. The van der Waals surface area contributed by atoms with E-state index in [-0.39, 0.29) is 24.1 Å². The van der Waals surface area contributed by atoms with Crippen LogP contribution in [-0.2, 0) is 17.9 Å². The molecule has 0 aliphatic carbocycles. The van der Waals surface area contributed by atoms with Gasteiger partial charge in [0.25, 0.3) is 5.91 Å². The second-order valence-corrected chi connectivity index (χ2v) is 8.09. The van der Waals surface area contributed by atoms with Gasteiger partial charge in [0.1, 0.15) is 5.82 Å². The Morgan fingerprint density at radius 2 is 2.00 bits per heavy atom. The van der Waals surface area contributed by atoms with Crippen molar-refractivity contribution < 1.29 is 14.0 Å². The Morgan fingerprint density at radius 1 is 1.19 bits per heavy atom. The Kier molecular flexibility index (Phi) is 7.77. The summed E-state index contributed by atoms with van der Waals surface area (Å²) in [5.41, 5.74) is 2.77. The lowest BCUT2D eigenvalue weighted by atomic mass is 10.1. The van der Waals surface area contributed by atoms with Crippen molar-refractivity contribution in [2.45, 2.75) is 32.1 Å². The van der Waals surface area contributed by atoms with Crippen molar-refractivity contribution in [1.29, 1.82) is 0 Å². The van der Waals surface area contributed by atoms with Gasteiger partial charge in [0.05, 0.1) is 12.3 Å². The van der Waals surface area contributed by atoms with Gasteiger partial charge in [-0.2, -0.15) is 0 Å². The van der Waals surface area contributed by atoms with Crippen LogP contribution in [0.4, 0.5) is 10.1 Å². The fraction of sp³-hybridized carbons (Fsp3) is 0.217. The van der Waals surface area contributed by atoms with Crippen LogP contribution in [0, 0.1) is 19.7 Å². The lowest BCUT2D eigenvalue weighted by Gasteiger charge is -2.10. The second kappa shape index (κ2) is 10.7. The SMILES string of the molecule is C=CCn1c(CNC(=O)c2cccc(C)c2)nnc1SCC(=O)Nc1cc(F)ccc1C. The first-order valence-electron chi connectivity index (χ1n) is 9.94. The molecule has 1 heterocycles. The van der Waals surface area contributed by atoms with Gasteiger partial charge in [-0.3, -0.25) is 9.59 Å². The molecule has 0 saturated carbocycles. The molecular weight excluding hydrogens is 429 g/mol. The number of halogens is 1. The lowest BCUT2D eigenvalue weighted by molar-refractivity contribution is -0.113. The van der Waals surface area contributed by atoms with E-state index >= 15 is 0 Å². The first kappa shape index (κ1) is 23.2. The maximum absolute atomic E-state index is 13.4. The molecule has 0 saturated heterocycles. The summed E-state index contributed by atoms with van der Waals surface area (Å²) < 4.78 is 15.2. The standard InChI is InChI=1S/C23H24FN5O2S/c1-4-10-29-20(13-25-22(31)17-7-5-6-15(2)11-17)27-28-23(29)32-14-21(30)26-19-12-18(24)9-8-16(19)3/h4-9,11-12H,1,10,13-14H2,2-3H3,(H,25,31)(H,26,30). The van der Waals surface area contributed by atoms with Gasteiger partial charge >= 0.3 is 0 Å². The molecule has 9 heteroatoms. The maximum Gasteiger partial charge on any atom is 0.251 e. The van der Waals surface area contributed by atoms with Gasteiger partial charge in [-0.05, 0) is 43.7 Å². The predicted octanol–water partition coefficient (Wildman–Crippen LogP) is 3.88. The van der Waals surface area contributed by atoms with E-state index in [1.807, 2.05) is 25.1 Å². The van der Waals surface area contributed by atoms with Crippen LogP contribution in [0.3, 0.4) is 0 Å². The summed E-state index contributed by atoms with van der Waals surface area (Å²) in [6.07, 6.45) is 1.69. The van der Waals surface area contributed by atoms with Crippen LogP contribution in [0.5, 0.6) is 0 Å². The van der Waals surface area contributed by atoms with Gasteiger partial charge in [-0.1, -0.05) is 41.6 Å². The zero-order chi connectivity index (χ0) is 23.1. The van der Waals surface area contributed by atoms with Crippen molar-refractivity contribution in [2.75, 3.05) is 11.1 Å². The number of hydrogen-bond acceptors (Lipinski definition) is 5. The smallest absolute Gasteiger partial charge is 0.251 e. The summed E-state index contributed by atoms with van der Waals surface area (Å²) >= 11 is 1.20. The van der Waals surface area contributed by atoms with Crippen LogP contribution in [0.15, 0.2) is 60.3 Å². The third-order valence-corrected chi connectivity index (χ3v) is 5.57. The third-order valence-electron chi connectivity index (χ3n) is 4.60. The molecular formula is C23H24FN5O2S. The molecule has 0 unspecified atom stereocenters. The number of thioether (sulfide) groups is 1. The van der Waals surface area contributed by atoms with Crippen molar-refractivity contribution in [3.63, 3.8) is 0 Å². The molecule has 2 aromatic carbocycles. The average Bonchev–Trinajstić information content (AvgIpc) is 3.15. The van der Waals surface area contributed by atoms with Gasteiger partial charge in [-0.25, -0.2) is 4.39 Å². The topological polar surface area (TPSA) is 88.9 Å². The van der Waals surface area contributed by atoms with Crippen LogP contribution >= 0.6 is 11.8 Å². The van der Waals surface area contributed by atoms with E-state index in [1.165, 1.54) is 23.9 Å². The normalized spacial score (nSPS) is 10.6. The Morgan fingerprint density at radius 3 is 2.75 bits per heavy atom. The first-order valence-corrected chi connectivity index (χ1v) is 10.9. The Bertz CT molecular complexity index is 1150. The van der Waals surface area contributed by atoms with Crippen LogP contribution in [0.25, 0.3) is 0 Å². The van der Waals surface area contributed by atoms with Gasteiger partial charge in [0, 0.05) is 17.8 Å². The number of rotatable bonds is 9. The average molecular weight is 454 g/mol. The summed E-state index contributed by atoms with van der Waals surface area (Å²) in [4.78, 5) is 24.7. The van der Waals surface area contributed by atoms with Gasteiger partial charge < -0.3 is 15.2 Å². The lowest BCUT2D eigenvalue weighted by Crippen LogP contribution is -2.25. The zero-order valence-corrected chi connectivity index (χ0v) is 18.7. The molecule has 0 aliphatic rings. The number of amides is 2. The number of benzene rings is 2. The van der Waals surface area contributed by atoms with Crippen molar-refractivity contribution >= 4 is 29.3 Å². The van der Waals surface area contributed by atoms with Crippen LogP contribution in [0.2, 0.25) is 0 Å². The summed E-state index contributed by atoms with van der Waals surface area (Å²) in [5.74, 6) is -0.288. The number of allylic oxidation sites excluding steroid dienone is 1. The quantitative estimate of drug-likeness (QED) is 0.379. The number of nitrogens with one attached hydrogen (secondary N) is 2. The Hall–Kier alpha value is -3.46. The minimum Gasteiger partial charge on any atom is -0.345 e. The maximum atomic E-state index is 13.4. The summed E-state index contributed by atoms with van der Waals surface area (Å²) in [7, 11) is 0. The van der Waals surface area contributed by atoms with Crippen molar-refractivity contribution in [3.8, 4) is 0 Å². The number of carbonyl (C=O) groups excluding carboxylic acids is 2. The van der Waals surface area contributed by atoms with Crippen molar-refractivity contribution in [3.05, 3.63) is 83.5 Å². The molecule has 3 aromatic rings. The highest BCUT2D eigenvalue weighted by molar-refractivity contribution is 7.99. The second-order valence-electron chi connectivity index (χ2n) is 7.15. The van der Waals surface area contributed by atoms with Crippen LogP contribution in [0.1, 0.15) is 27.3 Å². The molecule has 166 valence electrons. The summed E-state index contributed by atoms with van der Waals surface area (Å²) in [5, 5.41) is 14.4. The minimum atomic E-state index is -0.415. The molecule has 1 aromatic heterocycles. The van der Waals surface area contributed by atoms with E-state index in [0.717, 1.165) is 11.1 Å². The van der Waals surface area contributed by atoms with E-state index in [9.17, 15) is 14.0 Å². The van der Waals surface area contributed by atoms with E-state index < -0.39 is 5.82 Å². The fourth-order valence-electron chi connectivity index (χ4n) is 2.96. The molecule has 0 radical (unpaired) electrons. The van der Waals surface area contributed by atoms with Crippen LogP contribution in [-0.4, -0.2) is 32.3 Å². The number of aromatic nitrogens is 3. The summed E-state index contributed by atoms with van der Waals surface area (Å²) in [6.45, 7) is 8.08. The van der Waals surface area contributed by atoms with Crippen molar-refractivity contribution in [2.24, 2.45) is 0 Å². The molecule has 0 fully saturated rings. The molecule has 32 heavy (non-hydrogen) atoms. The minimum absolute atomic E-state index is 0.0703. The predicted molar refractivity (Wildman–Crippen MR) is 123 cm³/mol. The third kappa shape index (κ3) is 6.04. The number of aryl methyl sites for hydroxylation is 2.